The number of hydrogen-bond donors (Lipinski definition) is 2. The highest BCUT2D eigenvalue weighted by molar-refractivity contribution is 9.10. The van der Waals surface area contributed by atoms with Gasteiger partial charge in [0.05, 0.1) is 0 Å². The van der Waals surface area contributed by atoms with Crippen molar-refractivity contribution in [2.24, 2.45) is 5.92 Å². The van der Waals surface area contributed by atoms with Crippen LogP contribution in [-0.4, -0.2) is 18.3 Å². The van der Waals surface area contributed by atoms with Gasteiger partial charge in [-0.25, -0.2) is 4.39 Å². The Balaban J connectivity index is 2.57. The Morgan fingerprint density at radius 1 is 1.41 bits per heavy atom. The van der Waals surface area contributed by atoms with Gasteiger partial charge in [0.1, 0.15) is 5.82 Å². The first-order valence-corrected chi connectivity index (χ1v) is 6.63. The summed E-state index contributed by atoms with van der Waals surface area (Å²) in [5.41, 5.74) is 0.663. The maximum Gasteiger partial charge on any atom is 0.128 e. The molecule has 1 aromatic carbocycles. The summed E-state index contributed by atoms with van der Waals surface area (Å²) >= 11 is 3.34. The van der Waals surface area contributed by atoms with E-state index >= 15 is 0 Å². The molecule has 0 radical (unpaired) electrons. The molecule has 0 aliphatic heterocycles. The lowest BCUT2D eigenvalue weighted by atomic mass is 10.1. The number of halogens is 2. The number of rotatable bonds is 6. The van der Waals surface area contributed by atoms with E-state index in [9.17, 15) is 4.39 Å². The lowest BCUT2D eigenvalue weighted by Gasteiger charge is -2.18. The van der Waals surface area contributed by atoms with Crippen LogP contribution in [0.25, 0.3) is 0 Å². The Hall–Kier alpha value is -0.450. The van der Waals surface area contributed by atoms with E-state index in [0.717, 1.165) is 17.4 Å². The van der Waals surface area contributed by atoms with Gasteiger partial charge in [-0.15, -0.1) is 0 Å². The smallest absolute Gasteiger partial charge is 0.128 e. The molecule has 2 N–H and O–H groups in total. The van der Waals surface area contributed by atoms with E-state index in [-0.39, 0.29) is 18.5 Å². The van der Waals surface area contributed by atoms with Crippen LogP contribution in [0.2, 0.25) is 0 Å². The molecule has 0 aliphatic rings. The summed E-state index contributed by atoms with van der Waals surface area (Å²) in [4.78, 5) is 0. The third-order valence-electron chi connectivity index (χ3n) is 2.82. The van der Waals surface area contributed by atoms with E-state index in [2.05, 4.69) is 28.2 Å². The van der Waals surface area contributed by atoms with E-state index in [0.29, 0.717) is 11.5 Å². The highest BCUT2D eigenvalue weighted by Crippen LogP contribution is 2.21. The van der Waals surface area contributed by atoms with Gasteiger partial charge in [-0.1, -0.05) is 22.9 Å². The molecule has 0 spiro atoms. The maximum atomic E-state index is 13.6. The summed E-state index contributed by atoms with van der Waals surface area (Å²) in [5, 5.41) is 12.1. The van der Waals surface area contributed by atoms with Crippen molar-refractivity contribution in [1.82, 2.24) is 5.32 Å². The van der Waals surface area contributed by atoms with Gasteiger partial charge in [0.25, 0.3) is 0 Å². The van der Waals surface area contributed by atoms with Gasteiger partial charge in [-0.05, 0) is 44.0 Å². The topological polar surface area (TPSA) is 32.3 Å². The van der Waals surface area contributed by atoms with Crippen molar-refractivity contribution in [1.29, 1.82) is 0 Å². The lowest BCUT2D eigenvalue weighted by molar-refractivity contribution is 0.258. The van der Waals surface area contributed by atoms with Gasteiger partial charge in [0.15, 0.2) is 0 Å². The van der Waals surface area contributed by atoms with Gasteiger partial charge in [0, 0.05) is 22.7 Å². The van der Waals surface area contributed by atoms with Crippen LogP contribution in [0.15, 0.2) is 22.7 Å². The van der Waals surface area contributed by atoms with Gasteiger partial charge < -0.3 is 10.4 Å². The highest BCUT2D eigenvalue weighted by atomic mass is 79.9. The standard InChI is InChI=1S/C13H19BrFNO/c1-9(5-6-17)8-16-10(2)12-7-11(14)3-4-13(12)15/h3-4,7,9-10,16-17H,5-6,8H2,1-2H3. The van der Waals surface area contributed by atoms with Crippen molar-refractivity contribution in [3.63, 3.8) is 0 Å². The van der Waals surface area contributed by atoms with Gasteiger partial charge in [-0.3, -0.25) is 0 Å². The van der Waals surface area contributed by atoms with Crippen LogP contribution in [-0.2, 0) is 0 Å². The summed E-state index contributed by atoms with van der Waals surface area (Å²) in [6, 6.07) is 4.92. The van der Waals surface area contributed by atoms with Crippen LogP contribution < -0.4 is 5.32 Å². The summed E-state index contributed by atoms with van der Waals surface area (Å²) in [6.07, 6.45) is 0.765. The first kappa shape index (κ1) is 14.6. The molecule has 1 rings (SSSR count). The van der Waals surface area contributed by atoms with Crippen LogP contribution in [0.3, 0.4) is 0 Å². The third kappa shape index (κ3) is 4.74. The molecule has 96 valence electrons. The minimum absolute atomic E-state index is 0.0337. The van der Waals surface area contributed by atoms with Crippen molar-refractivity contribution < 1.29 is 9.50 Å². The van der Waals surface area contributed by atoms with Crippen LogP contribution in [0, 0.1) is 11.7 Å². The zero-order chi connectivity index (χ0) is 12.8. The predicted molar refractivity (Wildman–Crippen MR) is 71.4 cm³/mol. The molecule has 0 amide bonds. The Labute approximate surface area is 110 Å². The first-order chi connectivity index (χ1) is 8.04. The van der Waals surface area contributed by atoms with Crippen LogP contribution in [0.1, 0.15) is 31.9 Å². The van der Waals surface area contributed by atoms with Crippen molar-refractivity contribution in [2.75, 3.05) is 13.2 Å². The molecule has 0 saturated carbocycles. The fraction of sp³-hybridized carbons (Fsp3) is 0.538. The Morgan fingerprint density at radius 3 is 2.76 bits per heavy atom. The van der Waals surface area contributed by atoms with Crippen LogP contribution in [0.4, 0.5) is 4.39 Å². The molecule has 0 saturated heterocycles. The second-order valence-electron chi connectivity index (χ2n) is 4.41. The molecule has 2 atom stereocenters. The number of aliphatic hydroxyl groups is 1. The molecule has 0 aliphatic carbocycles. The fourth-order valence-electron chi connectivity index (χ4n) is 1.66. The molecule has 0 heterocycles. The second kappa shape index (κ2) is 7.09. The monoisotopic (exact) mass is 303 g/mol. The Bertz CT molecular complexity index is 359. The second-order valence-corrected chi connectivity index (χ2v) is 5.33. The van der Waals surface area contributed by atoms with Crippen molar-refractivity contribution >= 4 is 15.9 Å². The predicted octanol–water partition coefficient (Wildman–Crippen LogP) is 3.26. The van der Waals surface area contributed by atoms with Crippen molar-refractivity contribution in [3.05, 3.63) is 34.1 Å². The van der Waals surface area contributed by atoms with Crippen LogP contribution >= 0.6 is 15.9 Å². The molecule has 0 fully saturated rings. The Kier molecular flexibility index (Phi) is 6.09. The minimum Gasteiger partial charge on any atom is -0.396 e. The quantitative estimate of drug-likeness (QED) is 0.845. The zero-order valence-corrected chi connectivity index (χ0v) is 11.8. The van der Waals surface area contributed by atoms with Gasteiger partial charge in [-0.2, -0.15) is 0 Å². The molecule has 4 heteroatoms. The van der Waals surface area contributed by atoms with E-state index in [1.807, 2.05) is 6.92 Å². The Morgan fingerprint density at radius 2 is 2.12 bits per heavy atom. The molecular formula is C13H19BrFNO. The minimum atomic E-state index is -0.192. The SMILES string of the molecule is CC(CCO)CNC(C)c1cc(Br)ccc1F. The largest absolute Gasteiger partial charge is 0.396 e. The van der Waals surface area contributed by atoms with Crippen molar-refractivity contribution in [2.45, 2.75) is 26.3 Å². The zero-order valence-electron chi connectivity index (χ0n) is 10.2. The maximum absolute atomic E-state index is 13.6. The van der Waals surface area contributed by atoms with E-state index in [1.54, 1.807) is 12.1 Å². The molecular weight excluding hydrogens is 285 g/mol. The highest BCUT2D eigenvalue weighted by Gasteiger charge is 2.12. The average Bonchev–Trinajstić information content (AvgIpc) is 2.29. The van der Waals surface area contributed by atoms with E-state index in [1.165, 1.54) is 6.07 Å². The molecule has 1 aromatic rings. The third-order valence-corrected chi connectivity index (χ3v) is 3.31. The van der Waals surface area contributed by atoms with Gasteiger partial charge in [0.2, 0.25) is 0 Å². The summed E-state index contributed by atoms with van der Waals surface area (Å²) < 4.78 is 14.5. The number of hydrogen-bond acceptors (Lipinski definition) is 2. The summed E-state index contributed by atoms with van der Waals surface area (Å²) in [7, 11) is 0. The van der Waals surface area contributed by atoms with Crippen molar-refractivity contribution in [3.8, 4) is 0 Å². The number of aliphatic hydroxyl groups excluding tert-OH is 1. The van der Waals surface area contributed by atoms with Crippen LogP contribution in [0.5, 0.6) is 0 Å². The molecule has 2 unspecified atom stereocenters. The molecule has 0 bridgehead atoms. The molecule has 17 heavy (non-hydrogen) atoms. The molecule has 0 aromatic heterocycles. The average molecular weight is 304 g/mol. The molecule has 2 nitrogen and oxygen atoms in total. The summed E-state index contributed by atoms with van der Waals surface area (Å²) in [6.45, 7) is 4.97. The van der Waals surface area contributed by atoms with Gasteiger partial charge >= 0.3 is 0 Å². The normalized spacial score (nSPS) is 14.6. The lowest BCUT2D eigenvalue weighted by Crippen LogP contribution is -2.25. The number of benzene rings is 1. The van der Waals surface area contributed by atoms with E-state index < -0.39 is 0 Å². The summed E-state index contributed by atoms with van der Waals surface area (Å²) in [5.74, 6) is 0.195. The first-order valence-electron chi connectivity index (χ1n) is 5.83. The number of nitrogens with one attached hydrogen (secondary N) is 1. The van der Waals surface area contributed by atoms with E-state index in [4.69, 9.17) is 5.11 Å². The fourth-order valence-corrected chi connectivity index (χ4v) is 2.04.